The van der Waals surface area contributed by atoms with Gasteiger partial charge in [0.1, 0.15) is 11.6 Å². The molecule has 0 aliphatic heterocycles. The second-order valence-corrected chi connectivity index (χ2v) is 10.2. The van der Waals surface area contributed by atoms with Crippen LogP contribution in [0.3, 0.4) is 0 Å². The molecule has 4 rings (SSSR count). The van der Waals surface area contributed by atoms with Crippen molar-refractivity contribution in [2.75, 3.05) is 6.26 Å². The van der Waals surface area contributed by atoms with Crippen molar-refractivity contribution in [3.8, 4) is 6.07 Å². The number of nitrogens with zero attached hydrogens (tertiary/aromatic N) is 1. The van der Waals surface area contributed by atoms with E-state index in [9.17, 15) is 22.5 Å². The standard InChI is InChI=1S/C22H20F2N2O2S/c1-22(18-8-14(18)10-25,17-7-6-15(23)9-20(17)24)19-11-26-21-13(12-29(2,27)28)4-3-5-16(19)21/h3-7,9,11,14,18,26H,8,12H2,1-2H3. The highest BCUT2D eigenvalue weighted by molar-refractivity contribution is 7.89. The van der Waals surface area contributed by atoms with Crippen LogP contribution in [0.25, 0.3) is 10.9 Å². The summed E-state index contributed by atoms with van der Waals surface area (Å²) in [6.45, 7) is 1.87. The van der Waals surface area contributed by atoms with Crippen LogP contribution in [-0.2, 0) is 21.0 Å². The molecule has 1 heterocycles. The summed E-state index contributed by atoms with van der Waals surface area (Å²) in [6.07, 6.45) is 3.56. The summed E-state index contributed by atoms with van der Waals surface area (Å²) in [5.74, 6) is -1.76. The SMILES string of the molecule is CC(c1ccc(F)cc1F)(c1c[nH]c2c(CS(C)(=O)=O)cccc12)C1CC1C#N. The molecule has 1 aliphatic carbocycles. The van der Waals surface area contributed by atoms with Gasteiger partial charge in [-0.2, -0.15) is 5.26 Å². The van der Waals surface area contributed by atoms with Crippen molar-refractivity contribution in [1.29, 1.82) is 5.26 Å². The molecule has 0 radical (unpaired) electrons. The van der Waals surface area contributed by atoms with Gasteiger partial charge in [0.25, 0.3) is 0 Å². The van der Waals surface area contributed by atoms with Gasteiger partial charge in [0, 0.05) is 34.8 Å². The van der Waals surface area contributed by atoms with Crippen molar-refractivity contribution in [3.05, 3.63) is 70.9 Å². The zero-order chi connectivity index (χ0) is 21.0. The van der Waals surface area contributed by atoms with Crippen molar-refractivity contribution in [2.24, 2.45) is 11.8 Å². The maximum absolute atomic E-state index is 14.8. The Morgan fingerprint density at radius 2 is 2.00 bits per heavy atom. The number of nitriles is 1. The molecule has 1 N–H and O–H groups in total. The van der Waals surface area contributed by atoms with Crippen molar-refractivity contribution in [3.63, 3.8) is 0 Å². The first-order valence-corrected chi connectivity index (χ1v) is 11.3. The van der Waals surface area contributed by atoms with E-state index in [4.69, 9.17) is 0 Å². The van der Waals surface area contributed by atoms with Crippen molar-refractivity contribution in [2.45, 2.75) is 24.5 Å². The molecule has 3 atom stereocenters. The van der Waals surface area contributed by atoms with Crippen LogP contribution in [0.1, 0.15) is 30.0 Å². The van der Waals surface area contributed by atoms with Crippen molar-refractivity contribution >= 4 is 20.7 Å². The number of nitrogens with one attached hydrogen (secondary N) is 1. The van der Waals surface area contributed by atoms with E-state index in [1.807, 2.05) is 13.0 Å². The molecule has 1 aromatic heterocycles. The van der Waals surface area contributed by atoms with Gasteiger partial charge in [-0.25, -0.2) is 17.2 Å². The molecule has 3 unspecified atom stereocenters. The lowest BCUT2D eigenvalue weighted by Crippen LogP contribution is -2.28. The monoisotopic (exact) mass is 414 g/mol. The summed E-state index contributed by atoms with van der Waals surface area (Å²) in [5.41, 5.74) is 1.55. The lowest BCUT2D eigenvalue weighted by molar-refractivity contribution is 0.449. The smallest absolute Gasteiger partial charge is 0.151 e. The van der Waals surface area contributed by atoms with Gasteiger partial charge in [0.05, 0.1) is 17.7 Å². The van der Waals surface area contributed by atoms with E-state index in [0.717, 1.165) is 17.0 Å². The Hall–Kier alpha value is -2.72. The Bertz CT molecular complexity index is 1260. The van der Waals surface area contributed by atoms with E-state index in [2.05, 4.69) is 11.1 Å². The number of sulfone groups is 1. The fourth-order valence-corrected chi connectivity index (χ4v) is 5.29. The summed E-state index contributed by atoms with van der Waals surface area (Å²) in [5, 5.41) is 10.2. The fraction of sp³-hybridized carbons (Fsp3) is 0.318. The summed E-state index contributed by atoms with van der Waals surface area (Å²) < 4.78 is 52.0. The average molecular weight is 414 g/mol. The topological polar surface area (TPSA) is 73.7 Å². The zero-order valence-electron chi connectivity index (χ0n) is 16.0. The first-order valence-electron chi connectivity index (χ1n) is 9.27. The van der Waals surface area contributed by atoms with E-state index >= 15 is 0 Å². The normalized spacial score (nSPS) is 20.9. The summed E-state index contributed by atoms with van der Waals surface area (Å²) in [4.78, 5) is 3.16. The number of aromatic amines is 1. The number of hydrogen-bond donors (Lipinski definition) is 1. The Labute approximate surface area is 168 Å². The van der Waals surface area contributed by atoms with Crippen molar-refractivity contribution < 1.29 is 17.2 Å². The molecule has 150 valence electrons. The lowest BCUT2D eigenvalue weighted by atomic mass is 9.71. The molecule has 2 aromatic carbocycles. The third-order valence-electron chi connectivity index (χ3n) is 5.97. The summed E-state index contributed by atoms with van der Waals surface area (Å²) in [6, 6.07) is 11.2. The predicted octanol–water partition coefficient (Wildman–Crippen LogP) is 4.46. The van der Waals surface area contributed by atoms with Crippen LogP contribution < -0.4 is 0 Å². The second-order valence-electron chi connectivity index (χ2n) is 8.02. The zero-order valence-corrected chi connectivity index (χ0v) is 16.9. The first kappa shape index (κ1) is 19.6. The summed E-state index contributed by atoms with van der Waals surface area (Å²) in [7, 11) is -3.24. The third kappa shape index (κ3) is 3.32. The van der Waals surface area contributed by atoms with Crippen LogP contribution in [-0.4, -0.2) is 19.7 Å². The minimum atomic E-state index is -3.24. The van der Waals surface area contributed by atoms with E-state index in [1.54, 1.807) is 18.3 Å². The van der Waals surface area contributed by atoms with Gasteiger partial charge in [0.15, 0.2) is 9.84 Å². The Kier molecular flexibility index (Phi) is 4.50. The van der Waals surface area contributed by atoms with Gasteiger partial charge in [0.2, 0.25) is 0 Å². The van der Waals surface area contributed by atoms with Crippen molar-refractivity contribution in [1.82, 2.24) is 4.98 Å². The molecule has 3 aromatic rings. The Balaban J connectivity index is 1.94. The molecular formula is C22H20F2N2O2S. The van der Waals surface area contributed by atoms with Gasteiger partial charge in [-0.3, -0.25) is 0 Å². The average Bonchev–Trinajstić information content (AvgIpc) is 3.30. The minimum absolute atomic E-state index is 0.115. The van der Waals surface area contributed by atoms with Gasteiger partial charge < -0.3 is 4.98 Å². The molecule has 1 aliphatic rings. The quantitative estimate of drug-likeness (QED) is 0.670. The lowest BCUT2D eigenvalue weighted by Gasteiger charge is -2.31. The van der Waals surface area contributed by atoms with Gasteiger partial charge >= 0.3 is 0 Å². The molecule has 0 saturated heterocycles. The minimum Gasteiger partial charge on any atom is -0.361 e. The third-order valence-corrected chi connectivity index (χ3v) is 6.80. The maximum atomic E-state index is 14.8. The number of halogens is 2. The molecule has 29 heavy (non-hydrogen) atoms. The number of aromatic nitrogens is 1. The number of hydrogen-bond acceptors (Lipinski definition) is 3. The maximum Gasteiger partial charge on any atom is 0.151 e. The van der Waals surface area contributed by atoms with Crippen LogP contribution in [0.4, 0.5) is 8.78 Å². The van der Waals surface area contributed by atoms with Crippen LogP contribution in [0.5, 0.6) is 0 Å². The van der Waals surface area contributed by atoms with Crippen LogP contribution >= 0.6 is 0 Å². The first-order chi connectivity index (χ1) is 13.6. The number of fused-ring (bicyclic) bond motifs is 1. The molecule has 0 spiro atoms. The molecule has 0 bridgehead atoms. The highest BCUT2D eigenvalue weighted by Crippen LogP contribution is 2.56. The summed E-state index contributed by atoms with van der Waals surface area (Å²) >= 11 is 0. The number of H-pyrrole nitrogens is 1. The molecule has 7 heteroatoms. The Morgan fingerprint density at radius 3 is 2.62 bits per heavy atom. The van der Waals surface area contributed by atoms with E-state index < -0.39 is 26.9 Å². The predicted molar refractivity (Wildman–Crippen MR) is 107 cm³/mol. The van der Waals surface area contributed by atoms with Crippen LogP contribution in [0.15, 0.2) is 42.6 Å². The molecule has 0 amide bonds. The highest BCUT2D eigenvalue weighted by Gasteiger charge is 2.53. The molecule has 1 saturated carbocycles. The number of para-hydroxylation sites is 1. The van der Waals surface area contributed by atoms with E-state index in [-0.39, 0.29) is 17.6 Å². The van der Waals surface area contributed by atoms with Gasteiger partial charge in [-0.15, -0.1) is 0 Å². The second kappa shape index (κ2) is 6.67. The van der Waals surface area contributed by atoms with Crippen LogP contribution in [0.2, 0.25) is 0 Å². The Morgan fingerprint density at radius 1 is 1.24 bits per heavy atom. The fourth-order valence-electron chi connectivity index (χ4n) is 4.48. The largest absolute Gasteiger partial charge is 0.361 e. The van der Waals surface area contributed by atoms with Gasteiger partial charge in [-0.05, 0) is 35.1 Å². The molecular weight excluding hydrogens is 394 g/mol. The van der Waals surface area contributed by atoms with E-state index in [1.165, 1.54) is 18.4 Å². The molecule has 1 fully saturated rings. The number of rotatable bonds is 5. The van der Waals surface area contributed by atoms with Crippen LogP contribution in [0, 0.1) is 34.8 Å². The van der Waals surface area contributed by atoms with E-state index in [0.29, 0.717) is 23.1 Å². The van der Waals surface area contributed by atoms with Gasteiger partial charge in [-0.1, -0.05) is 31.2 Å². The number of benzene rings is 2. The molecule has 4 nitrogen and oxygen atoms in total. The highest BCUT2D eigenvalue weighted by atomic mass is 32.2.